The first kappa shape index (κ1) is 19.5. The van der Waals surface area contributed by atoms with Gasteiger partial charge >= 0.3 is 0 Å². The van der Waals surface area contributed by atoms with Gasteiger partial charge in [-0.2, -0.15) is 0 Å². The number of aliphatic imine (C=N–C) groups is 1. The molecule has 0 unspecified atom stereocenters. The van der Waals surface area contributed by atoms with Crippen LogP contribution >= 0.6 is 0 Å². The molecule has 0 aliphatic rings. The summed E-state index contributed by atoms with van der Waals surface area (Å²) in [5.74, 6) is 1.21. The van der Waals surface area contributed by atoms with Gasteiger partial charge in [0.05, 0.1) is 13.2 Å². The Hall–Kier alpha value is -2.54. The first-order valence-electron chi connectivity index (χ1n) is 7.73. The Balaban J connectivity index is 2.44. The number of amides is 1. The molecule has 7 nitrogen and oxygen atoms in total. The standard InChI is InChI=1S/C17H26N4O3/c1-4-10-24-15-8-6-5-7-14(15)12-20-17(18-2)21-13-16(22)19-9-11-23-3/h4-8H,1,9-13H2,2-3H3,(H,19,22)(H2,18,20,21). The summed E-state index contributed by atoms with van der Waals surface area (Å²) in [7, 11) is 3.24. The summed E-state index contributed by atoms with van der Waals surface area (Å²) in [6.45, 7) is 5.73. The molecule has 1 amide bonds. The predicted octanol–water partition coefficient (Wildman–Crippen LogP) is 0.679. The Labute approximate surface area is 143 Å². The van der Waals surface area contributed by atoms with E-state index in [9.17, 15) is 4.79 Å². The molecule has 0 saturated heterocycles. The molecule has 0 saturated carbocycles. The van der Waals surface area contributed by atoms with Gasteiger partial charge in [0.1, 0.15) is 12.4 Å². The van der Waals surface area contributed by atoms with E-state index in [1.54, 1.807) is 20.2 Å². The van der Waals surface area contributed by atoms with Crippen molar-refractivity contribution in [1.82, 2.24) is 16.0 Å². The number of rotatable bonds is 10. The lowest BCUT2D eigenvalue weighted by Gasteiger charge is -2.14. The van der Waals surface area contributed by atoms with Gasteiger partial charge in [0.2, 0.25) is 5.91 Å². The van der Waals surface area contributed by atoms with Gasteiger partial charge in [0.15, 0.2) is 5.96 Å². The highest BCUT2D eigenvalue weighted by atomic mass is 16.5. The van der Waals surface area contributed by atoms with E-state index in [-0.39, 0.29) is 12.5 Å². The summed E-state index contributed by atoms with van der Waals surface area (Å²) in [5.41, 5.74) is 0.992. The average Bonchev–Trinajstić information content (AvgIpc) is 2.61. The van der Waals surface area contributed by atoms with Crippen LogP contribution in [0.5, 0.6) is 5.75 Å². The molecule has 1 rings (SSSR count). The molecular formula is C17H26N4O3. The molecular weight excluding hydrogens is 308 g/mol. The molecule has 3 N–H and O–H groups in total. The van der Waals surface area contributed by atoms with Crippen LogP contribution in [0.4, 0.5) is 0 Å². The smallest absolute Gasteiger partial charge is 0.239 e. The first-order chi connectivity index (χ1) is 11.7. The zero-order chi connectivity index (χ0) is 17.6. The van der Waals surface area contributed by atoms with Crippen LogP contribution in [0, 0.1) is 0 Å². The molecule has 0 aliphatic heterocycles. The van der Waals surface area contributed by atoms with Crippen LogP contribution < -0.4 is 20.7 Å². The Morgan fingerprint density at radius 2 is 2.08 bits per heavy atom. The van der Waals surface area contributed by atoms with Crippen molar-refractivity contribution in [2.45, 2.75) is 6.54 Å². The molecule has 0 bridgehead atoms. The maximum absolute atomic E-state index is 11.6. The summed E-state index contributed by atoms with van der Waals surface area (Å²) in [5, 5.41) is 8.84. The monoisotopic (exact) mass is 334 g/mol. The Kier molecular flexibility index (Phi) is 9.72. The second-order valence-corrected chi connectivity index (χ2v) is 4.83. The van der Waals surface area contributed by atoms with Gasteiger partial charge in [-0.3, -0.25) is 9.79 Å². The SMILES string of the molecule is C=CCOc1ccccc1CNC(=NC)NCC(=O)NCCOC. The summed E-state index contributed by atoms with van der Waals surface area (Å²) < 4.78 is 10.5. The van der Waals surface area contributed by atoms with E-state index in [1.807, 2.05) is 24.3 Å². The van der Waals surface area contributed by atoms with E-state index in [0.717, 1.165) is 11.3 Å². The van der Waals surface area contributed by atoms with Gasteiger partial charge in [-0.15, -0.1) is 0 Å². The molecule has 24 heavy (non-hydrogen) atoms. The number of para-hydroxylation sites is 1. The summed E-state index contributed by atoms with van der Waals surface area (Å²) in [6.07, 6.45) is 1.70. The van der Waals surface area contributed by atoms with Gasteiger partial charge in [-0.25, -0.2) is 0 Å². The van der Waals surface area contributed by atoms with Crippen LogP contribution in [0.1, 0.15) is 5.56 Å². The topological polar surface area (TPSA) is 84.0 Å². The van der Waals surface area contributed by atoms with Crippen molar-refractivity contribution in [3.63, 3.8) is 0 Å². The van der Waals surface area contributed by atoms with E-state index in [0.29, 0.717) is 32.3 Å². The summed E-state index contributed by atoms with van der Waals surface area (Å²) in [6, 6.07) is 7.73. The molecule has 0 aromatic heterocycles. The fourth-order valence-electron chi connectivity index (χ4n) is 1.86. The Morgan fingerprint density at radius 1 is 1.29 bits per heavy atom. The number of carbonyl (C=O) groups is 1. The minimum Gasteiger partial charge on any atom is -0.489 e. The number of carbonyl (C=O) groups excluding carboxylic acids is 1. The van der Waals surface area contributed by atoms with Gasteiger partial charge in [-0.05, 0) is 6.07 Å². The zero-order valence-corrected chi connectivity index (χ0v) is 14.3. The number of guanidine groups is 1. The van der Waals surface area contributed by atoms with Crippen molar-refractivity contribution in [3.8, 4) is 5.75 Å². The van der Waals surface area contributed by atoms with Crippen LogP contribution in [0.2, 0.25) is 0 Å². The predicted molar refractivity (Wildman–Crippen MR) is 95.2 cm³/mol. The number of benzene rings is 1. The van der Waals surface area contributed by atoms with Crippen molar-refractivity contribution in [2.75, 3.05) is 40.5 Å². The molecule has 7 heteroatoms. The lowest BCUT2D eigenvalue weighted by Crippen LogP contribution is -2.43. The fourth-order valence-corrected chi connectivity index (χ4v) is 1.86. The molecule has 0 aliphatic carbocycles. The zero-order valence-electron chi connectivity index (χ0n) is 14.3. The van der Waals surface area contributed by atoms with Crippen LogP contribution in [-0.4, -0.2) is 52.3 Å². The van der Waals surface area contributed by atoms with Crippen molar-refractivity contribution >= 4 is 11.9 Å². The van der Waals surface area contributed by atoms with Crippen LogP contribution in [0.3, 0.4) is 0 Å². The highest BCUT2D eigenvalue weighted by Gasteiger charge is 2.06. The highest BCUT2D eigenvalue weighted by molar-refractivity contribution is 5.86. The summed E-state index contributed by atoms with van der Waals surface area (Å²) in [4.78, 5) is 15.7. The van der Waals surface area contributed by atoms with Crippen molar-refractivity contribution in [1.29, 1.82) is 0 Å². The lowest BCUT2D eigenvalue weighted by molar-refractivity contribution is -0.120. The number of hydrogen-bond acceptors (Lipinski definition) is 4. The van der Waals surface area contributed by atoms with Gasteiger partial charge < -0.3 is 25.4 Å². The third kappa shape index (κ3) is 7.64. The lowest BCUT2D eigenvalue weighted by atomic mass is 10.2. The third-order valence-corrected chi connectivity index (χ3v) is 3.04. The molecule has 0 heterocycles. The number of hydrogen-bond donors (Lipinski definition) is 3. The van der Waals surface area contributed by atoms with E-state index in [4.69, 9.17) is 9.47 Å². The van der Waals surface area contributed by atoms with Crippen molar-refractivity contribution in [2.24, 2.45) is 4.99 Å². The minimum atomic E-state index is -0.121. The second kappa shape index (κ2) is 12.0. The minimum absolute atomic E-state index is 0.121. The molecule has 0 spiro atoms. The maximum Gasteiger partial charge on any atom is 0.239 e. The largest absolute Gasteiger partial charge is 0.489 e. The van der Waals surface area contributed by atoms with Gasteiger partial charge in [0.25, 0.3) is 0 Å². The van der Waals surface area contributed by atoms with E-state index in [1.165, 1.54) is 0 Å². The summed E-state index contributed by atoms with van der Waals surface area (Å²) >= 11 is 0. The van der Waals surface area contributed by atoms with Crippen molar-refractivity contribution in [3.05, 3.63) is 42.5 Å². The average molecular weight is 334 g/mol. The van der Waals surface area contributed by atoms with Gasteiger partial charge in [-0.1, -0.05) is 30.9 Å². The molecule has 132 valence electrons. The second-order valence-electron chi connectivity index (χ2n) is 4.83. The van der Waals surface area contributed by atoms with E-state index in [2.05, 4.69) is 27.5 Å². The maximum atomic E-state index is 11.6. The van der Waals surface area contributed by atoms with Gasteiger partial charge in [0, 0.05) is 32.8 Å². The Bertz CT molecular complexity index is 546. The number of methoxy groups -OCH3 is 1. The number of nitrogens with one attached hydrogen (secondary N) is 3. The fraction of sp³-hybridized carbons (Fsp3) is 0.412. The molecule has 0 fully saturated rings. The van der Waals surface area contributed by atoms with Crippen LogP contribution in [0.15, 0.2) is 41.9 Å². The normalized spacial score (nSPS) is 10.8. The quantitative estimate of drug-likeness (QED) is 0.254. The Morgan fingerprint density at radius 3 is 2.79 bits per heavy atom. The third-order valence-electron chi connectivity index (χ3n) is 3.04. The van der Waals surface area contributed by atoms with E-state index < -0.39 is 0 Å². The van der Waals surface area contributed by atoms with E-state index >= 15 is 0 Å². The van der Waals surface area contributed by atoms with Crippen LogP contribution in [0.25, 0.3) is 0 Å². The molecule has 0 atom stereocenters. The molecule has 1 aromatic rings. The molecule has 1 aromatic carbocycles. The van der Waals surface area contributed by atoms with Crippen LogP contribution in [-0.2, 0) is 16.1 Å². The molecule has 0 radical (unpaired) electrons. The number of ether oxygens (including phenoxy) is 2. The first-order valence-corrected chi connectivity index (χ1v) is 7.73. The number of nitrogens with zero attached hydrogens (tertiary/aromatic N) is 1. The van der Waals surface area contributed by atoms with Crippen molar-refractivity contribution < 1.29 is 14.3 Å². The highest BCUT2D eigenvalue weighted by Crippen LogP contribution is 2.17.